The summed E-state index contributed by atoms with van der Waals surface area (Å²) < 4.78 is 5.07. The number of oxime groups is 1. The maximum absolute atomic E-state index is 11.6. The van der Waals surface area contributed by atoms with Crippen LogP contribution in [0.4, 0.5) is 9.93 Å². The smallest absolute Gasteiger partial charge is 0.413 e. The molecule has 1 heterocycles. The number of anilines is 1. The Hall–Kier alpha value is -2.42. The van der Waals surface area contributed by atoms with Gasteiger partial charge < -0.3 is 14.7 Å². The Balaban J connectivity index is 2.80. The summed E-state index contributed by atoms with van der Waals surface area (Å²) in [5.41, 5.74) is -0.931. The van der Waals surface area contributed by atoms with Crippen LogP contribution in [-0.4, -0.2) is 40.1 Å². The number of hydrogen-bond donors (Lipinski definition) is 2. The van der Waals surface area contributed by atoms with E-state index in [1.165, 1.54) is 11.5 Å². The average molecular weight is 327 g/mol. The van der Waals surface area contributed by atoms with Crippen molar-refractivity contribution < 1.29 is 24.3 Å². The number of ether oxygens (including phenoxy) is 1. The Kier molecular flexibility index (Phi) is 6.05. The summed E-state index contributed by atoms with van der Waals surface area (Å²) in [6.07, 6.45) is 0.754. The molecular formula is C13H17N3O5S. The number of carbonyl (C=O) groups excluding carboxylic acids is 1. The predicted molar refractivity (Wildman–Crippen MR) is 82.3 cm³/mol. The molecule has 9 heteroatoms. The van der Waals surface area contributed by atoms with Gasteiger partial charge in [-0.2, -0.15) is 0 Å². The molecule has 0 fully saturated rings. The van der Waals surface area contributed by atoms with E-state index in [9.17, 15) is 9.59 Å². The fourth-order valence-corrected chi connectivity index (χ4v) is 1.86. The quantitative estimate of drug-likeness (QED) is 0.359. The van der Waals surface area contributed by atoms with E-state index < -0.39 is 17.7 Å². The molecule has 0 saturated carbocycles. The van der Waals surface area contributed by atoms with Crippen molar-refractivity contribution in [1.29, 1.82) is 0 Å². The number of rotatable bonds is 6. The van der Waals surface area contributed by atoms with Gasteiger partial charge in [-0.05, 0) is 20.8 Å². The van der Waals surface area contributed by atoms with Crippen molar-refractivity contribution in [3.63, 3.8) is 0 Å². The van der Waals surface area contributed by atoms with E-state index in [4.69, 9.17) is 14.7 Å². The maximum atomic E-state index is 11.6. The van der Waals surface area contributed by atoms with Crippen LogP contribution in [0.25, 0.3) is 0 Å². The molecule has 0 aliphatic rings. The Labute approximate surface area is 131 Å². The van der Waals surface area contributed by atoms with Gasteiger partial charge in [0.1, 0.15) is 17.9 Å². The van der Waals surface area contributed by atoms with Crippen molar-refractivity contribution >= 4 is 34.2 Å². The van der Waals surface area contributed by atoms with Crippen molar-refractivity contribution in [2.24, 2.45) is 5.16 Å². The third-order valence-corrected chi connectivity index (χ3v) is 2.66. The van der Waals surface area contributed by atoms with Gasteiger partial charge in [0.2, 0.25) is 5.71 Å². The first-order chi connectivity index (χ1) is 10.2. The van der Waals surface area contributed by atoms with Crippen LogP contribution in [0, 0.1) is 0 Å². The van der Waals surface area contributed by atoms with E-state index in [0.717, 1.165) is 11.3 Å². The zero-order chi connectivity index (χ0) is 16.8. The van der Waals surface area contributed by atoms with Crippen LogP contribution in [0.3, 0.4) is 0 Å². The summed E-state index contributed by atoms with van der Waals surface area (Å²) in [5, 5.41) is 16.6. The molecule has 0 spiro atoms. The lowest BCUT2D eigenvalue weighted by Crippen LogP contribution is -2.27. The highest BCUT2D eigenvalue weighted by atomic mass is 32.1. The number of hydrogen-bond acceptors (Lipinski definition) is 7. The highest BCUT2D eigenvalue weighted by molar-refractivity contribution is 7.14. The summed E-state index contributed by atoms with van der Waals surface area (Å²) >= 11 is 1.05. The van der Waals surface area contributed by atoms with Gasteiger partial charge in [0.15, 0.2) is 5.13 Å². The first-order valence-corrected chi connectivity index (χ1v) is 7.11. The number of aromatic nitrogens is 1. The molecule has 0 radical (unpaired) electrons. The van der Waals surface area contributed by atoms with Gasteiger partial charge >= 0.3 is 12.1 Å². The molecule has 0 bridgehead atoms. The van der Waals surface area contributed by atoms with Crippen LogP contribution in [0.1, 0.15) is 26.5 Å². The van der Waals surface area contributed by atoms with E-state index >= 15 is 0 Å². The predicted octanol–water partition coefficient (Wildman–Crippen LogP) is 2.48. The van der Waals surface area contributed by atoms with Gasteiger partial charge in [-0.15, -0.1) is 11.3 Å². The maximum Gasteiger partial charge on any atom is 0.413 e. The number of nitrogens with zero attached hydrogens (tertiary/aromatic N) is 2. The molecule has 0 saturated heterocycles. The number of amides is 1. The van der Waals surface area contributed by atoms with Gasteiger partial charge in [0.05, 0.1) is 0 Å². The molecule has 0 aliphatic heterocycles. The molecule has 1 amide bonds. The Morgan fingerprint density at radius 2 is 2.23 bits per heavy atom. The third kappa shape index (κ3) is 5.92. The zero-order valence-electron chi connectivity index (χ0n) is 12.5. The van der Waals surface area contributed by atoms with Crippen molar-refractivity contribution in [3.05, 3.63) is 23.7 Å². The van der Waals surface area contributed by atoms with E-state index in [-0.39, 0.29) is 23.1 Å². The molecular weight excluding hydrogens is 310 g/mol. The number of carbonyl (C=O) groups is 2. The summed E-state index contributed by atoms with van der Waals surface area (Å²) in [5.74, 6) is -1.29. The standard InChI is InChI=1S/C13H17N3O5S/c1-5-6-20-16-9(10(17)18)8-7-22-11(14-8)15-12(19)21-13(2,3)4/h5,7H,1,6H2,2-4H3,(H,17,18)(H,14,15,19)/b16-9-. The largest absolute Gasteiger partial charge is 0.476 e. The van der Waals surface area contributed by atoms with Crippen molar-refractivity contribution in [2.75, 3.05) is 11.9 Å². The number of nitrogens with one attached hydrogen (secondary N) is 1. The molecule has 22 heavy (non-hydrogen) atoms. The molecule has 8 nitrogen and oxygen atoms in total. The van der Waals surface area contributed by atoms with Crippen LogP contribution in [0.15, 0.2) is 23.2 Å². The molecule has 0 aromatic carbocycles. The second-order valence-electron chi connectivity index (χ2n) is 4.99. The van der Waals surface area contributed by atoms with E-state index in [0.29, 0.717) is 0 Å². The monoisotopic (exact) mass is 327 g/mol. The lowest BCUT2D eigenvalue weighted by atomic mass is 10.2. The second kappa shape index (κ2) is 7.55. The highest BCUT2D eigenvalue weighted by Crippen LogP contribution is 2.18. The molecule has 0 aliphatic carbocycles. The van der Waals surface area contributed by atoms with Gasteiger partial charge in [0.25, 0.3) is 0 Å². The van der Waals surface area contributed by atoms with E-state index in [2.05, 4.69) is 22.0 Å². The molecule has 1 aromatic rings. The lowest BCUT2D eigenvalue weighted by molar-refractivity contribution is -0.129. The summed E-state index contributed by atoms with van der Waals surface area (Å²) in [7, 11) is 0. The SMILES string of the molecule is C=CCO/N=C(\C(=O)O)c1csc(NC(=O)OC(C)(C)C)n1. The van der Waals surface area contributed by atoms with Crippen LogP contribution in [0.5, 0.6) is 0 Å². The molecule has 0 unspecified atom stereocenters. The third-order valence-electron chi connectivity index (χ3n) is 1.91. The zero-order valence-corrected chi connectivity index (χ0v) is 13.3. The fourth-order valence-electron chi connectivity index (χ4n) is 1.18. The number of aliphatic carboxylic acids is 1. The Morgan fingerprint density at radius 3 is 2.77 bits per heavy atom. The van der Waals surface area contributed by atoms with Gasteiger partial charge in [-0.3, -0.25) is 5.32 Å². The Morgan fingerprint density at radius 1 is 1.55 bits per heavy atom. The van der Waals surface area contributed by atoms with Crippen LogP contribution >= 0.6 is 11.3 Å². The number of thiazole rings is 1. The molecule has 120 valence electrons. The van der Waals surface area contributed by atoms with Gasteiger partial charge in [-0.1, -0.05) is 17.8 Å². The number of carboxylic acids is 1. The minimum atomic E-state index is -1.29. The minimum absolute atomic E-state index is 0.0733. The van der Waals surface area contributed by atoms with Gasteiger partial charge in [-0.25, -0.2) is 14.6 Å². The van der Waals surface area contributed by atoms with Crippen molar-refractivity contribution in [2.45, 2.75) is 26.4 Å². The van der Waals surface area contributed by atoms with Crippen LogP contribution in [-0.2, 0) is 14.4 Å². The van der Waals surface area contributed by atoms with Crippen LogP contribution in [0.2, 0.25) is 0 Å². The molecule has 0 atom stereocenters. The summed E-state index contributed by atoms with van der Waals surface area (Å²) in [6, 6.07) is 0. The van der Waals surface area contributed by atoms with Gasteiger partial charge in [0, 0.05) is 5.38 Å². The molecule has 1 rings (SSSR count). The topological polar surface area (TPSA) is 110 Å². The fraction of sp³-hybridized carbons (Fsp3) is 0.385. The van der Waals surface area contributed by atoms with Crippen LogP contribution < -0.4 is 5.32 Å². The second-order valence-corrected chi connectivity index (χ2v) is 5.85. The minimum Gasteiger partial charge on any atom is -0.476 e. The average Bonchev–Trinajstić information content (AvgIpc) is 2.79. The first-order valence-electron chi connectivity index (χ1n) is 6.23. The molecule has 1 aromatic heterocycles. The van der Waals surface area contributed by atoms with Crippen molar-refractivity contribution in [3.8, 4) is 0 Å². The van der Waals surface area contributed by atoms with E-state index in [1.54, 1.807) is 20.8 Å². The highest BCUT2D eigenvalue weighted by Gasteiger charge is 2.20. The Bertz CT molecular complexity index is 589. The molecule has 2 N–H and O–H groups in total. The number of carboxylic acid groups (broad SMARTS) is 1. The normalized spacial score (nSPS) is 11.7. The van der Waals surface area contributed by atoms with Crippen molar-refractivity contribution in [1.82, 2.24) is 4.98 Å². The summed E-state index contributed by atoms with van der Waals surface area (Å²) in [6.45, 7) is 8.68. The summed E-state index contributed by atoms with van der Waals surface area (Å²) in [4.78, 5) is 31.5. The first kappa shape index (κ1) is 17.6. The lowest BCUT2D eigenvalue weighted by Gasteiger charge is -2.18. The van der Waals surface area contributed by atoms with E-state index in [1.807, 2.05) is 0 Å².